The summed E-state index contributed by atoms with van der Waals surface area (Å²) in [6.45, 7) is 1.77. The number of aliphatic carboxylic acids is 1. The van der Waals surface area contributed by atoms with Gasteiger partial charge in [-0.15, -0.1) is 0 Å². The predicted octanol–water partition coefficient (Wildman–Crippen LogP) is -0.588. The summed E-state index contributed by atoms with van der Waals surface area (Å²) in [5.41, 5.74) is 16.4. The summed E-state index contributed by atoms with van der Waals surface area (Å²) in [7, 11) is 0. The van der Waals surface area contributed by atoms with E-state index in [0.29, 0.717) is 18.8 Å². The largest absolute Gasteiger partial charge is 0.480 e. The highest BCUT2D eigenvalue weighted by atomic mass is 16.4. The quantitative estimate of drug-likeness (QED) is 0.152. The number of nitrogens with zero attached hydrogens (tertiary/aromatic N) is 1. The maximum Gasteiger partial charge on any atom is 0.326 e. The van der Waals surface area contributed by atoms with Gasteiger partial charge in [-0.05, 0) is 32.1 Å². The number of carbonyl (C=O) groups is 3. The van der Waals surface area contributed by atoms with Crippen molar-refractivity contribution in [2.24, 2.45) is 28.1 Å². The van der Waals surface area contributed by atoms with Gasteiger partial charge in [-0.2, -0.15) is 0 Å². The van der Waals surface area contributed by atoms with Crippen LogP contribution in [0.4, 0.5) is 0 Å². The van der Waals surface area contributed by atoms with Crippen molar-refractivity contribution in [3.63, 3.8) is 0 Å². The van der Waals surface area contributed by atoms with Gasteiger partial charge in [0.25, 0.3) is 0 Å². The number of carboxylic acid groups (broad SMARTS) is 1. The van der Waals surface area contributed by atoms with Crippen LogP contribution in [0.2, 0.25) is 0 Å². The molecule has 0 radical (unpaired) electrons. The maximum absolute atomic E-state index is 12.3. The molecule has 10 heteroatoms. The van der Waals surface area contributed by atoms with Gasteiger partial charge in [0.15, 0.2) is 5.96 Å². The first kappa shape index (κ1) is 23.7. The number of rotatable bonds is 11. The van der Waals surface area contributed by atoms with E-state index >= 15 is 0 Å². The summed E-state index contributed by atoms with van der Waals surface area (Å²) < 4.78 is 0. The first-order chi connectivity index (χ1) is 13.2. The van der Waals surface area contributed by atoms with Crippen molar-refractivity contribution in [2.45, 2.75) is 76.4 Å². The Morgan fingerprint density at radius 2 is 1.75 bits per heavy atom. The Hall–Kier alpha value is -2.36. The Morgan fingerprint density at radius 1 is 1.11 bits per heavy atom. The predicted molar refractivity (Wildman–Crippen MR) is 106 cm³/mol. The Kier molecular flexibility index (Phi) is 10.3. The van der Waals surface area contributed by atoms with Crippen molar-refractivity contribution in [3.05, 3.63) is 0 Å². The fraction of sp³-hybridized carbons (Fsp3) is 0.778. The molecule has 1 fully saturated rings. The Balaban J connectivity index is 2.44. The molecule has 0 aromatic carbocycles. The van der Waals surface area contributed by atoms with Crippen molar-refractivity contribution >= 4 is 23.7 Å². The Labute approximate surface area is 165 Å². The van der Waals surface area contributed by atoms with Crippen molar-refractivity contribution in [1.29, 1.82) is 0 Å². The normalized spacial score (nSPS) is 17.8. The van der Waals surface area contributed by atoms with Crippen LogP contribution in [-0.4, -0.2) is 53.5 Å². The minimum Gasteiger partial charge on any atom is -0.480 e. The van der Waals surface area contributed by atoms with E-state index in [2.05, 4.69) is 15.6 Å². The number of nitrogens with one attached hydrogen (secondary N) is 2. The highest BCUT2D eigenvalue weighted by molar-refractivity contribution is 5.91. The fourth-order valence-electron chi connectivity index (χ4n) is 3.33. The molecule has 1 aliphatic carbocycles. The average Bonchev–Trinajstić information content (AvgIpc) is 2.64. The first-order valence-electron chi connectivity index (χ1n) is 9.85. The molecule has 0 unspecified atom stereocenters. The number of guanidine groups is 1. The zero-order chi connectivity index (χ0) is 21.1. The van der Waals surface area contributed by atoms with Crippen LogP contribution < -0.4 is 27.8 Å². The van der Waals surface area contributed by atoms with Crippen LogP contribution in [-0.2, 0) is 14.4 Å². The molecule has 0 heterocycles. The van der Waals surface area contributed by atoms with Gasteiger partial charge in [-0.1, -0.05) is 32.1 Å². The van der Waals surface area contributed by atoms with E-state index in [-0.39, 0.29) is 18.9 Å². The average molecular weight is 399 g/mol. The van der Waals surface area contributed by atoms with Gasteiger partial charge in [0.1, 0.15) is 12.1 Å². The molecule has 28 heavy (non-hydrogen) atoms. The minimum atomic E-state index is -1.16. The molecule has 0 aromatic heterocycles. The third kappa shape index (κ3) is 9.03. The number of carbonyl (C=O) groups excluding carboxylic acids is 2. The van der Waals surface area contributed by atoms with E-state index in [0.717, 1.165) is 25.7 Å². The van der Waals surface area contributed by atoms with Gasteiger partial charge in [0.05, 0.1) is 6.04 Å². The molecule has 0 bridgehead atoms. The van der Waals surface area contributed by atoms with E-state index in [1.807, 2.05) is 0 Å². The highest BCUT2D eigenvalue weighted by Gasteiger charge is 2.26. The lowest BCUT2D eigenvalue weighted by Gasteiger charge is -2.25. The molecule has 3 atom stereocenters. The van der Waals surface area contributed by atoms with Crippen LogP contribution >= 0.6 is 0 Å². The molecule has 2 amide bonds. The SMILES string of the molecule is C[C@H](NC(=O)[C@@H](N)CC1CCCCC1)C(=O)N[C@@H](CCCN=C(N)N)C(=O)O. The van der Waals surface area contributed by atoms with Crippen LogP contribution in [0.3, 0.4) is 0 Å². The van der Waals surface area contributed by atoms with Crippen molar-refractivity contribution in [1.82, 2.24) is 10.6 Å². The summed E-state index contributed by atoms with van der Waals surface area (Å²) in [5.74, 6) is -1.76. The van der Waals surface area contributed by atoms with Crippen LogP contribution in [0, 0.1) is 5.92 Å². The molecule has 0 aromatic rings. The summed E-state index contributed by atoms with van der Waals surface area (Å²) in [6, 6.07) is -2.64. The lowest BCUT2D eigenvalue weighted by atomic mass is 9.85. The molecule has 1 rings (SSSR count). The topological polar surface area (TPSA) is 186 Å². The summed E-state index contributed by atoms with van der Waals surface area (Å²) in [6.07, 6.45) is 6.87. The highest BCUT2D eigenvalue weighted by Crippen LogP contribution is 2.26. The van der Waals surface area contributed by atoms with Gasteiger partial charge in [-0.25, -0.2) is 4.79 Å². The van der Waals surface area contributed by atoms with Gasteiger partial charge < -0.3 is 32.9 Å². The first-order valence-corrected chi connectivity index (χ1v) is 9.85. The van der Waals surface area contributed by atoms with Crippen molar-refractivity contribution < 1.29 is 19.5 Å². The Morgan fingerprint density at radius 3 is 2.32 bits per heavy atom. The third-order valence-electron chi connectivity index (χ3n) is 4.96. The van der Waals surface area contributed by atoms with Crippen LogP contribution in [0.25, 0.3) is 0 Å². The van der Waals surface area contributed by atoms with Gasteiger partial charge in [-0.3, -0.25) is 14.6 Å². The number of hydrogen-bond acceptors (Lipinski definition) is 5. The standard InChI is InChI=1S/C18H34N6O4/c1-11(23-16(26)13(19)10-12-6-3-2-4-7-12)15(25)24-14(17(27)28)8-5-9-22-18(20)21/h11-14H,2-10,19H2,1H3,(H,23,26)(H,24,25)(H,27,28)(H4,20,21,22)/t11-,13-,14-/m0/s1. The molecule has 160 valence electrons. The third-order valence-corrected chi connectivity index (χ3v) is 4.96. The van der Waals surface area contributed by atoms with E-state index in [4.69, 9.17) is 17.2 Å². The Bertz CT molecular complexity index is 558. The number of nitrogens with two attached hydrogens (primary N) is 3. The second kappa shape index (κ2) is 12.2. The van der Waals surface area contributed by atoms with Gasteiger partial charge >= 0.3 is 5.97 Å². The molecule has 0 spiro atoms. The second-order valence-electron chi connectivity index (χ2n) is 7.42. The number of hydrogen-bond donors (Lipinski definition) is 6. The van der Waals surface area contributed by atoms with Gasteiger partial charge in [0, 0.05) is 6.54 Å². The van der Waals surface area contributed by atoms with Crippen LogP contribution in [0.15, 0.2) is 4.99 Å². The molecular weight excluding hydrogens is 364 g/mol. The van der Waals surface area contributed by atoms with Crippen molar-refractivity contribution in [3.8, 4) is 0 Å². The zero-order valence-electron chi connectivity index (χ0n) is 16.5. The maximum atomic E-state index is 12.3. The van der Waals surface area contributed by atoms with Crippen LogP contribution in [0.5, 0.6) is 0 Å². The lowest BCUT2D eigenvalue weighted by Crippen LogP contribution is -2.53. The smallest absolute Gasteiger partial charge is 0.326 e. The zero-order valence-corrected chi connectivity index (χ0v) is 16.5. The van der Waals surface area contributed by atoms with Crippen LogP contribution in [0.1, 0.15) is 58.3 Å². The van der Waals surface area contributed by atoms with Crippen molar-refractivity contribution in [2.75, 3.05) is 6.54 Å². The number of carboxylic acids is 1. The van der Waals surface area contributed by atoms with E-state index in [9.17, 15) is 19.5 Å². The van der Waals surface area contributed by atoms with E-state index in [1.165, 1.54) is 13.3 Å². The van der Waals surface area contributed by atoms with E-state index in [1.54, 1.807) is 0 Å². The molecular formula is C18H34N6O4. The fourth-order valence-corrected chi connectivity index (χ4v) is 3.33. The minimum absolute atomic E-state index is 0.0724. The molecule has 1 aliphatic rings. The molecule has 9 N–H and O–H groups in total. The summed E-state index contributed by atoms with van der Waals surface area (Å²) in [5, 5.41) is 14.3. The van der Waals surface area contributed by atoms with Gasteiger partial charge in [0.2, 0.25) is 11.8 Å². The number of aliphatic imine (C=N–C) groups is 1. The molecule has 0 aliphatic heterocycles. The molecule has 0 saturated heterocycles. The molecule has 1 saturated carbocycles. The summed E-state index contributed by atoms with van der Waals surface area (Å²) in [4.78, 5) is 39.6. The molecule has 10 nitrogen and oxygen atoms in total. The van der Waals surface area contributed by atoms with E-state index < -0.39 is 35.9 Å². The lowest BCUT2D eigenvalue weighted by molar-refractivity contribution is -0.142. The summed E-state index contributed by atoms with van der Waals surface area (Å²) >= 11 is 0. The monoisotopic (exact) mass is 398 g/mol. The number of amides is 2. The second-order valence-corrected chi connectivity index (χ2v) is 7.42.